The van der Waals surface area contributed by atoms with Gasteiger partial charge in [0.2, 0.25) is 17.7 Å². The molecule has 5 atom stereocenters. The van der Waals surface area contributed by atoms with Crippen molar-refractivity contribution in [2.24, 2.45) is 5.73 Å². The second-order valence-electron chi connectivity index (χ2n) is 8.53. The van der Waals surface area contributed by atoms with Crippen molar-refractivity contribution in [2.75, 3.05) is 0 Å². The van der Waals surface area contributed by atoms with Gasteiger partial charge in [-0.2, -0.15) is 0 Å². The van der Waals surface area contributed by atoms with Crippen LogP contribution in [0.1, 0.15) is 38.2 Å². The van der Waals surface area contributed by atoms with Gasteiger partial charge >= 0.3 is 17.9 Å². The van der Waals surface area contributed by atoms with Crippen molar-refractivity contribution >= 4 is 35.6 Å². The zero-order valence-electron chi connectivity index (χ0n) is 20.5. The van der Waals surface area contributed by atoms with E-state index in [4.69, 9.17) is 15.9 Å². The van der Waals surface area contributed by atoms with Gasteiger partial charge in [-0.25, -0.2) is 4.79 Å². The molecule has 10 N–H and O–H groups in total. The summed E-state index contributed by atoms with van der Waals surface area (Å²) in [6.07, 6.45) is -3.40. The molecule has 0 saturated heterocycles. The van der Waals surface area contributed by atoms with E-state index in [9.17, 15) is 44.1 Å². The van der Waals surface area contributed by atoms with Crippen LogP contribution < -0.4 is 21.7 Å². The van der Waals surface area contributed by atoms with Crippen LogP contribution in [0.2, 0.25) is 0 Å². The van der Waals surface area contributed by atoms with Gasteiger partial charge in [-0.05, 0) is 37.5 Å². The highest BCUT2D eigenvalue weighted by atomic mass is 16.4. The zero-order chi connectivity index (χ0) is 29.0. The molecule has 0 spiro atoms. The van der Waals surface area contributed by atoms with E-state index in [1.807, 2.05) is 0 Å². The number of aliphatic hydroxyl groups excluding tert-OH is 1. The summed E-state index contributed by atoms with van der Waals surface area (Å²) in [7, 11) is 0. The highest BCUT2D eigenvalue weighted by Crippen LogP contribution is 2.12. The van der Waals surface area contributed by atoms with Crippen LogP contribution in [-0.4, -0.2) is 91.4 Å². The SMILES string of the molecule is CC(O)C(NC(=O)C(CCC(=O)O)NC(=O)C(N)CCC(=O)O)C(=O)NC(Cc1ccc(O)cc1)C(=O)O. The normalized spacial score (nSPS) is 14.7. The van der Waals surface area contributed by atoms with Crippen molar-refractivity contribution < 1.29 is 54.3 Å². The summed E-state index contributed by atoms with van der Waals surface area (Å²) in [6, 6.07) is -0.449. The molecule has 0 saturated carbocycles. The number of aromatic hydroxyl groups is 1. The Morgan fingerprint density at radius 3 is 1.82 bits per heavy atom. The Bertz CT molecular complexity index is 1010. The topological polar surface area (TPSA) is 266 Å². The van der Waals surface area contributed by atoms with E-state index in [0.29, 0.717) is 5.56 Å². The van der Waals surface area contributed by atoms with Crippen molar-refractivity contribution in [3.8, 4) is 5.75 Å². The van der Waals surface area contributed by atoms with E-state index in [1.54, 1.807) is 0 Å². The highest BCUT2D eigenvalue weighted by Gasteiger charge is 2.33. The maximum absolute atomic E-state index is 12.9. The van der Waals surface area contributed by atoms with Gasteiger partial charge in [-0.15, -0.1) is 0 Å². The third-order valence-corrected chi connectivity index (χ3v) is 5.34. The summed E-state index contributed by atoms with van der Waals surface area (Å²) < 4.78 is 0. The first kappa shape index (κ1) is 31.8. The number of aliphatic hydroxyl groups is 1. The number of carbonyl (C=O) groups excluding carboxylic acids is 3. The summed E-state index contributed by atoms with van der Waals surface area (Å²) >= 11 is 0. The molecule has 0 aliphatic heterocycles. The second-order valence-corrected chi connectivity index (χ2v) is 8.53. The maximum atomic E-state index is 12.9. The van der Waals surface area contributed by atoms with Gasteiger partial charge in [0.15, 0.2) is 0 Å². The second kappa shape index (κ2) is 15.1. The fraction of sp³-hybridized carbons (Fsp3) is 0.478. The molecule has 0 aliphatic rings. The summed E-state index contributed by atoms with van der Waals surface area (Å²) in [6.45, 7) is 1.15. The maximum Gasteiger partial charge on any atom is 0.326 e. The first-order valence-corrected chi connectivity index (χ1v) is 11.5. The predicted octanol–water partition coefficient (Wildman–Crippen LogP) is -2.09. The van der Waals surface area contributed by atoms with E-state index in [0.717, 1.165) is 6.92 Å². The minimum atomic E-state index is -1.69. The van der Waals surface area contributed by atoms with Crippen LogP contribution in [0.3, 0.4) is 0 Å². The quantitative estimate of drug-likeness (QED) is 0.109. The lowest BCUT2D eigenvalue weighted by molar-refractivity contribution is -0.143. The number of aliphatic carboxylic acids is 3. The molecule has 3 amide bonds. The van der Waals surface area contributed by atoms with E-state index >= 15 is 0 Å². The molecular formula is C23H32N4O11. The Labute approximate surface area is 217 Å². The Morgan fingerprint density at radius 1 is 0.789 bits per heavy atom. The van der Waals surface area contributed by atoms with Crippen molar-refractivity contribution in [3.05, 3.63) is 29.8 Å². The van der Waals surface area contributed by atoms with Crippen LogP contribution in [-0.2, 0) is 35.2 Å². The molecular weight excluding hydrogens is 508 g/mol. The Morgan fingerprint density at radius 2 is 1.32 bits per heavy atom. The number of benzene rings is 1. The number of phenolic OH excluding ortho intramolecular Hbond substituents is 1. The molecule has 1 aromatic rings. The minimum absolute atomic E-state index is 0.0473. The third kappa shape index (κ3) is 11.2. The summed E-state index contributed by atoms with van der Waals surface area (Å²) in [5.74, 6) is -7.02. The molecule has 0 fully saturated rings. The number of hydrogen-bond acceptors (Lipinski definition) is 9. The lowest BCUT2D eigenvalue weighted by Gasteiger charge is -2.26. The van der Waals surface area contributed by atoms with E-state index in [1.165, 1.54) is 24.3 Å². The minimum Gasteiger partial charge on any atom is -0.508 e. The molecule has 0 bridgehead atoms. The molecule has 1 rings (SSSR count). The molecule has 38 heavy (non-hydrogen) atoms. The number of hydrogen-bond donors (Lipinski definition) is 9. The largest absolute Gasteiger partial charge is 0.508 e. The fourth-order valence-corrected chi connectivity index (χ4v) is 3.21. The smallest absolute Gasteiger partial charge is 0.326 e. The van der Waals surface area contributed by atoms with Crippen LogP contribution >= 0.6 is 0 Å². The summed E-state index contributed by atoms with van der Waals surface area (Å²) in [5.41, 5.74) is 6.09. The van der Waals surface area contributed by atoms with Crippen molar-refractivity contribution in [3.63, 3.8) is 0 Å². The number of amides is 3. The zero-order valence-corrected chi connectivity index (χ0v) is 20.5. The Kier molecular flexibility index (Phi) is 12.6. The molecule has 0 aromatic heterocycles. The number of rotatable bonds is 16. The van der Waals surface area contributed by atoms with Crippen LogP contribution in [0, 0.1) is 0 Å². The Hall–Kier alpha value is -4.24. The lowest BCUT2D eigenvalue weighted by atomic mass is 10.0. The van der Waals surface area contributed by atoms with Crippen molar-refractivity contribution in [2.45, 2.75) is 69.3 Å². The van der Waals surface area contributed by atoms with E-state index in [-0.39, 0.29) is 18.6 Å². The van der Waals surface area contributed by atoms with Gasteiger partial charge < -0.3 is 47.2 Å². The van der Waals surface area contributed by atoms with Gasteiger partial charge in [0.05, 0.1) is 12.1 Å². The summed E-state index contributed by atoms with van der Waals surface area (Å²) in [4.78, 5) is 71.4. The molecule has 1 aromatic carbocycles. The van der Waals surface area contributed by atoms with Gasteiger partial charge in [0.1, 0.15) is 23.9 Å². The number of carboxylic acids is 3. The van der Waals surface area contributed by atoms with Crippen LogP contribution in [0.4, 0.5) is 0 Å². The molecule has 15 nitrogen and oxygen atoms in total. The van der Waals surface area contributed by atoms with Gasteiger partial charge in [0, 0.05) is 19.3 Å². The molecule has 210 valence electrons. The molecule has 5 unspecified atom stereocenters. The number of nitrogens with one attached hydrogen (secondary N) is 3. The van der Waals surface area contributed by atoms with Crippen LogP contribution in [0.5, 0.6) is 5.75 Å². The lowest BCUT2D eigenvalue weighted by Crippen LogP contribution is -2.60. The number of carboxylic acid groups (broad SMARTS) is 3. The molecule has 0 aliphatic carbocycles. The fourth-order valence-electron chi connectivity index (χ4n) is 3.21. The standard InChI is InChI=1S/C23H32N4O11/c1-11(28)19(22(36)26-16(23(37)38)10-12-2-4-13(29)5-3-12)27-21(35)15(7-9-18(32)33)25-20(34)14(24)6-8-17(30)31/h2-5,11,14-16,19,28-29H,6-10,24H2,1H3,(H,25,34)(H,26,36)(H,27,35)(H,30,31)(H,32,33)(H,37,38). The van der Waals surface area contributed by atoms with E-state index < -0.39 is 85.2 Å². The number of carbonyl (C=O) groups is 6. The predicted molar refractivity (Wildman–Crippen MR) is 129 cm³/mol. The van der Waals surface area contributed by atoms with Crippen molar-refractivity contribution in [1.29, 1.82) is 0 Å². The molecule has 0 heterocycles. The average Bonchev–Trinajstić information content (AvgIpc) is 2.83. The van der Waals surface area contributed by atoms with Crippen LogP contribution in [0.15, 0.2) is 24.3 Å². The van der Waals surface area contributed by atoms with Gasteiger partial charge in [-0.3, -0.25) is 24.0 Å². The highest BCUT2D eigenvalue weighted by molar-refractivity contribution is 5.94. The van der Waals surface area contributed by atoms with Gasteiger partial charge in [0.25, 0.3) is 0 Å². The average molecular weight is 541 g/mol. The molecule has 0 radical (unpaired) electrons. The first-order valence-electron chi connectivity index (χ1n) is 11.5. The van der Waals surface area contributed by atoms with Crippen LogP contribution in [0.25, 0.3) is 0 Å². The van der Waals surface area contributed by atoms with Crippen molar-refractivity contribution in [1.82, 2.24) is 16.0 Å². The number of nitrogens with two attached hydrogens (primary N) is 1. The summed E-state index contributed by atoms with van der Waals surface area (Å²) in [5, 5.41) is 53.3. The monoisotopic (exact) mass is 540 g/mol. The van der Waals surface area contributed by atoms with E-state index in [2.05, 4.69) is 16.0 Å². The first-order chi connectivity index (χ1) is 17.7. The molecule has 15 heteroatoms. The number of phenols is 1. The Balaban J connectivity index is 2.98. The van der Waals surface area contributed by atoms with Gasteiger partial charge in [-0.1, -0.05) is 12.1 Å². The third-order valence-electron chi connectivity index (χ3n) is 5.34.